The number of methoxy groups -OCH3 is 1. The first-order valence-electron chi connectivity index (χ1n) is 4.92. The molecule has 3 heteroatoms. The molecule has 0 aromatic heterocycles. The van der Waals surface area contributed by atoms with E-state index >= 15 is 0 Å². The van der Waals surface area contributed by atoms with Crippen LogP contribution in [0.15, 0.2) is 48.6 Å². The van der Waals surface area contributed by atoms with Gasteiger partial charge in [-0.25, -0.2) is 0 Å². The molecule has 0 aromatic rings. The monoisotopic (exact) mass is 262 g/mol. The van der Waals surface area contributed by atoms with Crippen LogP contribution < -0.4 is 0 Å². The molecule has 2 rings (SSSR count). The van der Waals surface area contributed by atoms with E-state index in [0.717, 1.165) is 6.42 Å². The normalized spacial score (nSPS) is 19.7. The van der Waals surface area contributed by atoms with Crippen molar-refractivity contribution >= 4 is 5.97 Å². The molecule has 0 amide bonds. The Labute approximate surface area is 107 Å². The molecule has 0 saturated carbocycles. The smallest absolute Gasteiger partial charge is 0.312 e. The Balaban J connectivity index is 0.000000318. The molecule has 0 heterocycles. The molecule has 0 aliphatic heterocycles. The third-order valence-electron chi connectivity index (χ3n) is 2.04. The zero-order chi connectivity index (χ0) is 10.9. The van der Waals surface area contributed by atoms with Gasteiger partial charge in [-0.1, -0.05) is 48.6 Å². The van der Waals surface area contributed by atoms with Gasteiger partial charge in [0.2, 0.25) is 0 Å². The van der Waals surface area contributed by atoms with Crippen LogP contribution >= 0.6 is 0 Å². The second-order valence-corrected chi connectivity index (χ2v) is 3.14. The van der Waals surface area contributed by atoms with Crippen molar-refractivity contribution in [2.45, 2.75) is 6.42 Å². The van der Waals surface area contributed by atoms with Crippen molar-refractivity contribution in [1.29, 1.82) is 0 Å². The van der Waals surface area contributed by atoms with Crippen molar-refractivity contribution in [2.75, 3.05) is 7.11 Å². The Hall–Kier alpha value is -1.06. The van der Waals surface area contributed by atoms with Crippen molar-refractivity contribution in [3.63, 3.8) is 0 Å². The van der Waals surface area contributed by atoms with E-state index in [-0.39, 0.29) is 28.7 Å². The maximum Gasteiger partial charge on any atom is 0.312 e. The predicted octanol–water partition coefficient (Wildman–Crippen LogP) is 2.61. The number of ether oxygens (including phenoxy) is 1. The molecule has 0 aromatic carbocycles. The minimum absolute atomic E-state index is 0. The van der Waals surface area contributed by atoms with Crippen LogP contribution in [0.1, 0.15) is 6.42 Å². The fraction of sp³-hybridized carbons (Fsp3) is 0.231. The van der Waals surface area contributed by atoms with Gasteiger partial charge in [0.25, 0.3) is 0 Å². The zero-order valence-corrected chi connectivity index (χ0v) is 10.2. The van der Waals surface area contributed by atoms with E-state index in [0.29, 0.717) is 0 Å². The van der Waals surface area contributed by atoms with E-state index < -0.39 is 0 Å². The van der Waals surface area contributed by atoms with E-state index in [9.17, 15) is 4.79 Å². The number of rotatable bonds is 1. The van der Waals surface area contributed by atoms with Crippen LogP contribution in [-0.2, 0) is 26.3 Å². The van der Waals surface area contributed by atoms with Gasteiger partial charge in [-0.3, -0.25) is 4.79 Å². The molecule has 2 nitrogen and oxygen atoms in total. The van der Waals surface area contributed by atoms with E-state index in [2.05, 4.69) is 4.74 Å². The molecule has 0 fully saturated rings. The van der Waals surface area contributed by atoms with Gasteiger partial charge in [0.15, 0.2) is 0 Å². The first-order chi connectivity index (χ1) is 7.34. The first kappa shape index (κ1) is 14.9. The minimum atomic E-state index is -0.152. The van der Waals surface area contributed by atoms with Gasteiger partial charge in [-0.2, -0.15) is 0 Å². The minimum Gasteiger partial charge on any atom is -0.469 e. The molecule has 2 aliphatic rings. The van der Waals surface area contributed by atoms with Crippen molar-refractivity contribution in [3.8, 4) is 0 Å². The second kappa shape index (κ2) is 9.18. The van der Waals surface area contributed by atoms with Crippen LogP contribution in [0, 0.1) is 12.3 Å². The second-order valence-electron chi connectivity index (χ2n) is 3.14. The molecule has 16 heavy (non-hydrogen) atoms. The number of allylic oxidation sites excluding steroid dienone is 7. The summed E-state index contributed by atoms with van der Waals surface area (Å²) in [6.07, 6.45) is 18.4. The van der Waals surface area contributed by atoms with Gasteiger partial charge in [-0.15, -0.1) is 0 Å². The number of hydrogen-bond acceptors (Lipinski definition) is 2. The molecule has 1 atom stereocenters. The van der Waals surface area contributed by atoms with E-state index in [1.165, 1.54) is 7.11 Å². The van der Waals surface area contributed by atoms with Crippen LogP contribution in [0.2, 0.25) is 0 Å². The Morgan fingerprint density at radius 1 is 1.12 bits per heavy atom. The molecule has 88 valence electrons. The molecule has 2 aliphatic carbocycles. The molecule has 0 N–H and O–H groups in total. The fourth-order valence-electron chi connectivity index (χ4n) is 1.23. The topological polar surface area (TPSA) is 26.3 Å². The van der Waals surface area contributed by atoms with Gasteiger partial charge in [0, 0.05) is 23.2 Å². The van der Waals surface area contributed by atoms with Crippen molar-refractivity contribution < 1.29 is 26.3 Å². The van der Waals surface area contributed by atoms with Crippen LogP contribution in [0.25, 0.3) is 0 Å². The third kappa shape index (κ3) is 5.73. The van der Waals surface area contributed by atoms with Crippen LogP contribution in [0.3, 0.4) is 0 Å². The number of hydrogen-bond donors (Lipinski definition) is 0. The number of carbonyl (C=O) groups excluding carboxylic acids is 1. The van der Waals surface area contributed by atoms with Crippen molar-refractivity contribution in [3.05, 3.63) is 55.0 Å². The number of carbonyl (C=O) groups is 1. The molecule has 2 radical (unpaired) electrons. The average Bonchev–Trinajstić information content (AvgIpc) is 2.88. The average molecular weight is 262 g/mol. The largest absolute Gasteiger partial charge is 0.469 e. The van der Waals surface area contributed by atoms with Gasteiger partial charge < -0.3 is 4.74 Å². The van der Waals surface area contributed by atoms with Crippen LogP contribution in [0.5, 0.6) is 0 Å². The van der Waals surface area contributed by atoms with Crippen LogP contribution in [0.4, 0.5) is 0 Å². The molecular weight excluding hydrogens is 247 g/mol. The summed E-state index contributed by atoms with van der Waals surface area (Å²) < 4.78 is 4.57. The Bertz CT molecular complexity index is 304. The molecule has 0 bridgehead atoms. The molecular formula is C13H15CoO2. The van der Waals surface area contributed by atoms with E-state index in [1.54, 1.807) is 0 Å². The Kier molecular flexibility index (Phi) is 8.57. The zero-order valence-electron chi connectivity index (χ0n) is 9.13. The molecule has 0 spiro atoms. The van der Waals surface area contributed by atoms with E-state index in [1.807, 2.05) is 55.0 Å². The summed E-state index contributed by atoms with van der Waals surface area (Å²) in [7, 11) is 1.41. The Morgan fingerprint density at radius 2 is 1.81 bits per heavy atom. The maximum absolute atomic E-state index is 10.9. The summed E-state index contributed by atoms with van der Waals surface area (Å²) >= 11 is 0. The van der Waals surface area contributed by atoms with Crippen LogP contribution in [-0.4, -0.2) is 13.1 Å². The number of esters is 1. The first-order valence-corrected chi connectivity index (χ1v) is 4.92. The van der Waals surface area contributed by atoms with Gasteiger partial charge >= 0.3 is 5.97 Å². The maximum atomic E-state index is 10.9. The summed E-state index contributed by atoms with van der Waals surface area (Å²) in [5.41, 5.74) is 0. The SMILES string of the molecule is COC(=O)C1C=CC=CC1.[CH]1C=CC=C1.[Co]. The quantitative estimate of drug-likeness (QED) is 0.679. The summed E-state index contributed by atoms with van der Waals surface area (Å²) in [4.78, 5) is 10.9. The van der Waals surface area contributed by atoms with Crippen molar-refractivity contribution in [1.82, 2.24) is 0 Å². The summed E-state index contributed by atoms with van der Waals surface area (Å²) in [5.74, 6) is -0.212. The summed E-state index contributed by atoms with van der Waals surface area (Å²) in [5, 5.41) is 0. The Morgan fingerprint density at radius 3 is 2.19 bits per heavy atom. The van der Waals surface area contributed by atoms with Gasteiger partial charge in [0.05, 0.1) is 13.0 Å². The van der Waals surface area contributed by atoms with E-state index in [4.69, 9.17) is 0 Å². The van der Waals surface area contributed by atoms with Gasteiger partial charge in [-0.05, 0) is 6.42 Å². The molecule has 0 saturated heterocycles. The van der Waals surface area contributed by atoms with Crippen molar-refractivity contribution in [2.24, 2.45) is 5.92 Å². The summed E-state index contributed by atoms with van der Waals surface area (Å²) in [6, 6.07) is 0. The van der Waals surface area contributed by atoms with Gasteiger partial charge in [0.1, 0.15) is 0 Å². The molecule has 1 unspecified atom stereocenters. The predicted molar refractivity (Wildman–Crippen MR) is 61.0 cm³/mol. The standard InChI is InChI=1S/C8H10O2.C5H5.Co/c1-10-8(9)7-5-3-2-4-6-7;1-2-4-5-3-1;/h2-5,7H,6H2,1H3;1-5H;. The summed E-state index contributed by atoms with van der Waals surface area (Å²) in [6.45, 7) is 0. The third-order valence-corrected chi connectivity index (χ3v) is 2.04. The fourth-order valence-corrected chi connectivity index (χ4v) is 1.23.